The molecule has 2 aromatic carbocycles. The van der Waals surface area contributed by atoms with Crippen LogP contribution in [0, 0.1) is 5.82 Å². The summed E-state index contributed by atoms with van der Waals surface area (Å²) in [6.07, 6.45) is 2.82. The van der Waals surface area contributed by atoms with Gasteiger partial charge in [0.05, 0.1) is 10.4 Å². The van der Waals surface area contributed by atoms with Crippen molar-refractivity contribution >= 4 is 48.8 Å². The Bertz CT molecular complexity index is 1360. The summed E-state index contributed by atoms with van der Waals surface area (Å²) in [6.45, 7) is 4.57. The average Bonchev–Trinajstić information content (AvgIpc) is 3.18. The van der Waals surface area contributed by atoms with E-state index >= 15 is 0 Å². The van der Waals surface area contributed by atoms with Gasteiger partial charge in [-0.2, -0.15) is 0 Å². The number of hydrogen-bond acceptors (Lipinski definition) is 6. The fraction of sp³-hybridized carbons (Fsp3) is 0.250. The maximum absolute atomic E-state index is 13.3. The summed E-state index contributed by atoms with van der Waals surface area (Å²) in [4.78, 5) is 23.8. The van der Waals surface area contributed by atoms with Gasteiger partial charge in [-0.15, -0.1) is 0 Å². The maximum Gasteiger partial charge on any atom is 0.328 e. The predicted molar refractivity (Wildman–Crippen MR) is 136 cm³/mol. The van der Waals surface area contributed by atoms with Gasteiger partial charge in [0.25, 0.3) is 10.0 Å². The molecule has 0 unspecified atom stereocenters. The number of carboxylic acid groups (broad SMARTS) is 2. The first kappa shape index (κ1) is 27.5. The Morgan fingerprint density at radius 3 is 2.14 bits per heavy atom. The topological polar surface area (TPSA) is 120 Å². The lowest BCUT2D eigenvalue weighted by Crippen LogP contribution is -2.43. The molecule has 12 heteroatoms. The first-order valence-corrected chi connectivity index (χ1v) is 13.1. The largest absolute Gasteiger partial charge is 0.478 e. The maximum atomic E-state index is 13.3. The van der Waals surface area contributed by atoms with Crippen LogP contribution in [0.3, 0.4) is 0 Å². The smallest absolute Gasteiger partial charge is 0.328 e. The second kappa shape index (κ2) is 11.8. The van der Waals surface area contributed by atoms with Crippen LogP contribution in [-0.2, 0) is 26.2 Å². The Balaban J connectivity index is 0.000000392. The molecule has 0 atom stereocenters. The van der Waals surface area contributed by atoms with E-state index in [9.17, 15) is 22.4 Å². The number of rotatable bonds is 6. The minimum Gasteiger partial charge on any atom is -0.478 e. The Labute approximate surface area is 216 Å². The number of likely N-dealkylation sites (N-methyl/N-ethyl adjacent to an activating group) is 1. The molecule has 0 bridgehead atoms. The molecule has 0 radical (unpaired) electrons. The number of piperazine rings is 1. The van der Waals surface area contributed by atoms with Crippen LogP contribution in [0.1, 0.15) is 5.56 Å². The predicted octanol–water partition coefficient (Wildman–Crippen LogP) is 3.24. The van der Waals surface area contributed by atoms with Crippen molar-refractivity contribution in [2.75, 3.05) is 33.2 Å². The average molecular weight is 582 g/mol. The van der Waals surface area contributed by atoms with Gasteiger partial charge in [0, 0.05) is 60.9 Å². The lowest BCUT2D eigenvalue weighted by molar-refractivity contribution is -0.134. The van der Waals surface area contributed by atoms with Crippen molar-refractivity contribution in [1.29, 1.82) is 0 Å². The molecule has 0 aliphatic carbocycles. The number of aromatic nitrogens is 1. The third kappa shape index (κ3) is 7.00. The molecule has 0 amide bonds. The van der Waals surface area contributed by atoms with E-state index in [0.29, 0.717) is 24.2 Å². The van der Waals surface area contributed by atoms with Crippen LogP contribution < -0.4 is 0 Å². The first-order chi connectivity index (χ1) is 17.0. The summed E-state index contributed by atoms with van der Waals surface area (Å²) in [5.41, 5.74) is 1.59. The van der Waals surface area contributed by atoms with E-state index in [2.05, 4.69) is 32.8 Å². The van der Waals surface area contributed by atoms with Gasteiger partial charge in [0.15, 0.2) is 0 Å². The monoisotopic (exact) mass is 581 g/mol. The Morgan fingerprint density at radius 1 is 1.00 bits per heavy atom. The van der Waals surface area contributed by atoms with E-state index in [0.717, 1.165) is 41.6 Å². The third-order valence-corrected chi connectivity index (χ3v) is 7.73. The molecule has 36 heavy (non-hydrogen) atoms. The molecule has 1 saturated heterocycles. The number of fused-ring (bicyclic) bond motifs is 1. The van der Waals surface area contributed by atoms with Crippen LogP contribution in [0.5, 0.6) is 0 Å². The van der Waals surface area contributed by atoms with Gasteiger partial charge in [-0.05, 0) is 55.1 Å². The summed E-state index contributed by atoms with van der Waals surface area (Å²) in [5, 5.41) is 16.5. The summed E-state index contributed by atoms with van der Waals surface area (Å²) in [7, 11) is -1.71. The molecule has 1 fully saturated rings. The van der Waals surface area contributed by atoms with Crippen LogP contribution in [0.15, 0.2) is 70.2 Å². The number of carbonyl (C=O) groups is 2. The number of aliphatic carboxylic acids is 2. The lowest BCUT2D eigenvalue weighted by atomic mass is 10.1. The molecule has 9 nitrogen and oxygen atoms in total. The van der Waals surface area contributed by atoms with Crippen LogP contribution in [0.4, 0.5) is 4.39 Å². The van der Waals surface area contributed by atoms with Crippen molar-refractivity contribution in [1.82, 2.24) is 13.8 Å². The van der Waals surface area contributed by atoms with Gasteiger partial charge < -0.3 is 15.1 Å². The minimum absolute atomic E-state index is 0.0693. The highest BCUT2D eigenvalue weighted by Gasteiger charge is 2.23. The Hall–Kier alpha value is -3.06. The number of hydrogen-bond donors (Lipinski definition) is 2. The van der Waals surface area contributed by atoms with E-state index in [-0.39, 0.29) is 4.90 Å². The highest BCUT2D eigenvalue weighted by atomic mass is 79.9. The van der Waals surface area contributed by atoms with E-state index in [1.54, 1.807) is 12.3 Å². The lowest BCUT2D eigenvalue weighted by Gasteiger charge is -2.32. The molecule has 0 spiro atoms. The zero-order valence-corrected chi connectivity index (χ0v) is 21.7. The minimum atomic E-state index is -3.82. The normalized spacial score (nSPS) is 15.1. The standard InChI is InChI=1S/C20H21BrFN3O2S.C4H4O4/c1-23-8-10-24(11-9-23)13-15-14-25(20-7-2-16(21)12-19(15)20)28(26,27)18-5-3-17(22)4-6-18;5-3(6)1-2-4(7)8/h2-7,12,14H,8-11,13H2,1H3;1-2H,(H,5,6)(H,7,8). The van der Waals surface area contributed by atoms with Gasteiger partial charge in [-0.25, -0.2) is 26.4 Å². The SMILES string of the molecule is CN1CCN(Cc2cn(S(=O)(=O)c3ccc(F)cc3)c3ccc(Br)cc23)CC1.O=C(O)C=CC(=O)O. The first-order valence-electron chi connectivity index (χ1n) is 10.8. The van der Waals surface area contributed by atoms with Crippen molar-refractivity contribution in [3.8, 4) is 0 Å². The zero-order valence-electron chi connectivity index (χ0n) is 19.3. The van der Waals surface area contributed by atoms with Gasteiger partial charge in [-0.3, -0.25) is 4.90 Å². The molecule has 2 N–H and O–H groups in total. The van der Waals surface area contributed by atoms with Crippen LogP contribution in [0.2, 0.25) is 0 Å². The van der Waals surface area contributed by atoms with E-state index in [1.165, 1.54) is 28.2 Å². The quantitative estimate of drug-likeness (QED) is 0.426. The van der Waals surface area contributed by atoms with Crippen LogP contribution in [-0.4, -0.2) is 77.6 Å². The molecular weight excluding hydrogens is 557 g/mol. The summed E-state index contributed by atoms with van der Waals surface area (Å²) in [6, 6.07) is 10.5. The van der Waals surface area contributed by atoms with Gasteiger partial charge in [0.1, 0.15) is 5.82 Å². The number of carboxylic acids is 2. The molecule has 192 valence electrons. The highest BCUT2D eigenvalue weighted by molar-refractivity contribution is 9.10. The van der Waals surface area contributed by atoms with E-state index in [4.69, 9.17) is 10.2 Å². The van der Waals surface area contributed by atoms with Gasteiger partial charge in [0.2, 0.25) is 0 Å². The fourth-order valence-electron chi connectivity index (χ4n) is 3.67. The number of benzene rings is 2. The second-order valence-electron chi connectivity index (χ2n) is 8.16. The Morgan fingerprint density at radius 2 is 1.58 bits per heavy atom. The highest BCUT2D eigenvalue weighted by Crippen LogP contribution is 2.29. The van der Waals surface area contributed by atoms with Crippen LogP contribution >= 0.6 is 15.9 Å². The van der Waals surface area contributed by atoms with Crippen molar-refractivity contribution in [3.63, 3.8) is 0 Å². The van der Waals surface area contributed by atoms with Crippen molar-refractivity contribution in [2.24, 2.45) is 0 Å². The molecular formula is C24H25BrFN3O6S. The number of halogens is 2. The van der Waals surface area contributed by atoms with E-state index < -0.39 is 27.8 Å². The molecule has 1 aliphatic heterocycles. The molecule has 1 aliphatic rings. The van der Waals surface area contributed by atoms with Crippen molar-refractivity contribution in [2.45, 2.75) is 11.4 Å². The molecule has 4 rings (SSSR count). The van der Waals surface area contributed by atoms with E-state index in [1.807, 2.05) is 12.1 Å². The fourth-order valence-corrected chi connectivity index (χ4v) is 5.43. The Kier molecular flexibility index (Phi) is 9.01. The molecule has 0 saturated carbocycles. The third-order valence-electron chi connectivity index (χ3n) is 5.54. The van der Waals surface area contributed by atoms with Gasteiger partial charge >= 0.3 is 11.9 Å². The number of nitrogens with zero attached hydrogens (tertiary/aromatic N) is 3. The van der Waals surface area contributed by atoms with Gasteiger partial charge in [-0.1, -0.05) is 15.9 Å². The van der Waals surface area contributed by atoms with Crippen molar-refractivity contribution < 1.29 is 32.6 Å². The van der Waals surface area contributed by atoms with Crippen molar-refractivity contribution in [3.05, 3.63) is 76.7 Å². The molecule has 2 heterocycles. The zero-order chi connectivity index (χ0) is 26.5. The van der Waals surface area contributed by atoms with Crippen LogP contribution in [0.25, 0.3) is 10.9 Å². The molecule has 1 aromatic heterocycles. The molecule has 3 aromatic rings. The second-order valence-corrected chi connectivity index (χ2v) is 10.9. The summed E-state index contributed by atoms with van der Waals surface area (Å²) >= 11 is 3.49. The summed E-state index contributed by atoms with van der Waals surface area (Å²) in [5.74, 6) is -2.98. The summed E-state index contributed by atoms with van der Waals surface area (Å²) < 4.78 is 41.9.